The minimum atomic E-state index is -1.82. The summed E-state index contributed by atoms with van der Waals surface area (Å²) in [7, 11) is 2.01. The van der Waals surface area contributed by atoms with E-state index in [1.807, 2.05) is 37.5 Å². The molecule has 28 heavy (non-hydrogen) atoms. The van der Waals surface area contributed by atoms with Gasteiger partial charge in [0.1, 0.15) is 0 Å². The number of hydrogen-bond acceptors (Lipinski definition) is 4. The fraction of sp³-hybridized carbons (Fsp3) is 0.150. The number of rotatable bonds is 4. The van der Waals surface area contributed by atoms with E-state index in [9.17, 15) is 0 Å². The van der Waals surface area contributed by atoms with E-state index in [2.05, 4.69) is 46.1 Å². The molecule has 1 heterocycles. The zero-order valence-corrected chi connectivity index (χ0v) is 16.1. The molecule has 0 spiro atoms. The van der Waals surface area contributed by atoms with Crippen LogP contribution in [-0.2, 0) is 23.2 Å². The van der Waals surface area contributed by atoms with E-state index in [0.717, 1.165) is 28.8 Å². The number of imidazole rings is 1. The molecule has 0 radical (unpaired) electrons. The lowest BCUT2D eigenvalue weighted by atomic mass is 10.1. The topological polar surface area (TPSA) is 104 Å². The fourth-order valence-electron chi connectivity index (χ4n) is 2.35. The quantitative estimate of drug-likeness (QED) is 0.574. The molecular formula is C20H20ClN3O4. The summed E-state index contributed by atoms with van der Waals surface area (Å²) in [5.74, 6) is -2.80. The highest BCUT2D eigenvalue weighted by molar-refractivity contribution is 6.30. The van der Waals surface area contributed by atoms with E-state index >= 15 is 0 Å². The maximum Gasteiger partial charge on any atom is 0.414 e. The average Bonchev–Trinajstić information content (AvgIpc) is 3.03. The molecule has 0 aliphatic rings. The molecule has 3 N–H and O–H groups in total. The van der Waals surface area contributed by atoms with Gasteiger partial charge in [0.15, 0.2) is 0 Å². The van der Waals surface area contributed by atoms with Crippen molar-refractivity contribution in [2.75, 3.05) is 5.32 Å². The number of halogens is 1. The third kappa shape index (κ3) is 5.85. The monoisotopic (exact) mass is 401 g/mol. The standard InChI is InChI=1S/C18H18ClN3.C2H2O4/c1-13-3-5-14(6-4-13)11-20-18-21-12-17(22(18)2)15-7-9-16(19)10-8-15;3-1(4)2(5)6/h3-10,12H,11H2,1-2H3,(H,20,21);(H,3,4)(H,5,6). The molecule has 0 aliphatic carbocycles. The summed E-state index contributed by atoms with van der Waals surface area (Å²) >= 11 is 5.94. The number of aromatic nitrogens is 2. The molecule has 0 saturated carbocycles. The summed E-state index contributed by atoms with van der Waals surface area (Å²) in [5.41, 5.74) is 4.67. The van der Waals surface area contributed by atoms with Crippen LogP contribution >= 0.6 is 11.6 Å². The first-order chi connectivity index (χ1) is 13.3. The van der Waals surface area contributed by atoms with Gasteiger partial charge in [-0.25, -0.2) is 14.6 Å². The lowest BCUT2D eigenvalue weighted by molar-refractivity contribution is -0.159. The van der Waals surface area contributed by atoms with Crippen LogP contribution in [0.2, 0.25) is 5.02 Å². The van der Waals surface area contributed by atoms with Gasteiger partial charge in [-0.2, -0.15) is 0 Å². The number of nitrogens with zero attached hydrogens (tertiary/aromatic N) is 2. The average molecular weight is 402 g/mol. The Morgan fingerprint density at radius 2 is 1.61 bits per heavy atom. The zero-order chi connectivity index (χ0) is 20.7. The van der Waals surface area contributed by atoms with Crippen molar-refractivity contribution in [3.63, 3.8) is 0 Å². The van der Waals surface area contributed by atoms with E-state index in [1.165, 1.54) is 11.1 Å². The zero-order valence-electron chi connectivity index (χ0n) is 15.4. The van der Waals surface area contributed by atoms with Gasteiger partial charge < -0.3 is 20.1 Å². The van der Waals surface area contributed by atoms with Gasteiger partial charge in [-0.3, -0.25) is 0 Å². The highest BCUT2D eigenvalue weighted by Gasteiger charge is 2.08. The number of nitrogens with one attached hydrogen (secondary N) is 1. The van der Waals surface area contributed by atoms with Crippen molar-refractivity contribution in [3.05, 3.63) is 70.9 Å². The van der Waals surface area contributed by atoms with E-state index < -0.39 is 11.9 Å². The van der Waals surface area contributed by atoms with Crippen molar-refractivity contribution < 1.29 is 19.8 Å². The second-order valence-corrected chi connectivity index (χ2v) is 6.42. The molecule has 0 amide bonds. The SMILES string of the molecule is Cc1ccc(CNc2ncc(-c3ccc(Cl)cc3)n2C)cc1.O=C(O)C(=O)O. The molecule has 1 aromatic heterocycles. The molecule has 146 valence electrons. The first kappa shape index (κ1) is 21.0. The first-order valence-corrected chi connectivity index (χ1v) is 8.69. The molecule has 0 bridgehead atoms. The number of benzene rings is 2. The van der Waals surface area contributed by atoms with Crippen LogP contribution in [0.15, 0.2) is 54.7 Å². The smallest absolute Gasteiger partial charge is 0.414 e. The van der Waals surface area contributed by atoms with Crippen LogP contribution in [0.1, 0.15) is 11.1 Å². The molecule has 0 unspecified atom stereocenters. The fourth-order valence-corrected chi connectivity index (χ4v) is 2.48. The van der Waals surface area contributed by atoms with Crippen LogP contribution in [0.4, 0.5) is 5.95 Å². The second kappa shape index (κ2) is 9.57. The van der Waals surface area contributed by atoms with Crippen LogP contribution in [0, 0.1) is 6.92 Å². The van der Waals surface area contributed by atoms with E-state index in [4.69, 9.17) is 31.4 Å². The van der Waals surface area contributed by atoms with Crippen molar-refractivity contribution in [1.29, 1.82) is 0 Å². The third-order valence-electron chi connectivity index (χ3n) is 3.88. The lowest BCUT2D eigenvalue weighted by Crippen LogP contribution is -2.09. The van der Waals surface area contributed by atoms with Crippen LogP contribution in [0.3, 0.4) is 0 Å². The molecule has 0 aliphatic heterocycles. The molecule has 3 aromatic rings. The second-order valence-electron chi connectivity index (χ2n) is 5.98. The van der Waals surface area contributed by atoms with Gasteiger partial charge in [0.25, 0.3) is 0 Å². The highest BCUT2D eigenvalue weighted by atomic mass is 35.5. The summed E-state index contributed by atoms with van der Waals surface area (Å²) in [6, 6.07) is 16.3. The maximum atomic E-state index is 9.10. The predicted molar refractivity (Wildman–Crippen MR) is 107 cm³/mol. The normalized spacial score (nSPS) is 9.96. The number of aryl methyl sites for hydroxylation is 1. The molecule has 8 heteroatoms. The number of carboxylic acid groups (broad SMARTS) is 2. The summed E-state index contributed by atoms with van der Waals surface area (Å²) < 4.78 is 2.05. The van der Waals surface area contributed by atoms with Gasteiger partial charge in [0.2, 0.25) is 5.95 Å². The Morgan fingerprint density at radius 3 is 2.14 bits per heavy atom. The lowest BCUT2D eigenvalue weighted by Gasteiger charge is -2.09. The van der Waals surface area contributed by atoms with Gasteiger partial charge in [-0.15, -0.1) is 0 Å². The molecule has 0 saturated heterocycles. The number of hydrogen-bond donors (Lipinski definition) is 3. The van der Waals surface area contributed by atoms with Crippen LogP contribution in [-0.4, -0.2) is 31.7 Å². The summed E-state index contributed by atoms with van der Waals surface area (Å²) in [4.78, 5) is 22.7. The van der Waals surface area contributed by atoms with Crippen molar-refractivity contribution in [1.82, 2.24) is 9.55 Å². The number of anilines is 1. The van der Waals surface area contributed by atoms with Gasteiger partial charge in [-0.05, 0) is 30.2 Å². The first-order valence-electron chi connectivity index (χ1n) is 8.31. The Bertz CT molecular complexity index is 939. The third-order valence-corrected chi connectivity index (χ3v) is 4.13. The Hall–Kier alpha value is -3.32. The van der Waals surface area contributed by atoms with Crippen molar-refractivity contribution >= 4 is 29.5 Å². The molecule has 0 atom stereocenters. The number of aliphatic carboxylic acids is 2. The molecule has 2 aromatic carbocycles. The Kier molecular flexibility index (Phi) is 7.17. The molecule has 3 rings (SSSR count). The van der Waals surface area contributed by atoms with Crippen molar-refractivity contribution in [2.45, 2.75) is 13.5 Å². The van der Waals surface area contributed by atoms with E-state index in [0.29, 0.717) is 0 Å². The minimum absolute atomic E-state index is 0.739. The van der Waals surface area contributed by atoms with Crippen LogP contribution in [0.5, 0.6) is 0 Å². The summed E-state index contributed by atoms with van der Waals surface area (Å²) in [6.07, 6.45) is 1.88. The molecule has 0 fully saturated rings. The van der Waals surface area contributed by atoms with Gasteiger partial charge in [0, 0.05) is 18.6 Å². The molecule has 7 nitrogen and oxygen atoms in total. The van der Waals surface area contributed by atoms with Crippen molar-refractivity contribution in [3.8, 4) is 11.3 Å². The largest absolute Gasteiger partial charge is 0.473 e. The van der Waals surface area contributed by atoms with Gasteiger partial charge >= 0.3 is 11.9 Å². The van der Waals surface area contributed by atoms with Crippen LogP contribution in [0.25, 0.3) is 11.3 Å². The van der Waals surface area contributed by atoms with Gasteiger partial charge in [0.05, 0.1) is 11.9 Å². The predicted octanol–water partition coefficient (Wildman–Crippen LogP) is 3.82. The Balaban J connectivity index is 0.000000409. The number of carboxylic acids is 2. The number of carbonyl (C=O) groups is 2. The highest BCUT2D eigenvalue weighted by Crippen LogP contribution is 2.23. The Morgan fingerprint density at radius 1 is 1.04 bits per heavy atom. The minimum Gasteiger partial charge on any atom is -0.473 e. The van der Waals surface area contributed by atoms with Crippen LogP contribution < -0.4 is 5.32 Å². The Labute approximate surface area is 167 Å². The molecular weight excluding hydrogens is 382 g/mol. The summed E-state index contributed by atoms with van der Waals surface area (Å²) in [5, 5.41) is 18.9. The van der Waals surface area contributed by atoms with Crippen molar-refractivity contribution in [2.24, 2.45) is 7.05 Å². The summed E-state index contributed by atoms with van der Waals surface area (Å²) in [6.45, 7) is 2.85. The van der Waals surface area contributed by atoms with E-state index in [1.54, 1.807) is 0 Å². The van der Waals surface area contributed by atoms with E-state index in [-0.39, 0.29) is 0 Å². The maximum absolute atomic E-state index is 9.10. The van der Waals surface area contributed by atoms with Gasteiger partial charge in [-0.1, -0.05) is 53.6 Å².